The maximum atomic E-state index is 14.0. The number of sulfonamides is 1. The van der Waals surface area contributed by atoms with Gasteiger partial charge in [0, 0.05) is 31.0 Å². The second kappa shape index (κ2) is 6.64. The lowest BCUT2D eigenvalue weighted by Crippen LogP contribution is -2.37. The molecule has 2 rings (SSSR count). The van der Waals surface area contributed by atoms with Gasteiger partial charge in [0.25, 0.3) is 0 Å². The minimum atomic E-state index is -3.66. The third kappa shape index (κ3) is 3.41. The molecule has 1 aromatic rings. The van der Waals surface area contributed by atoms with Crippen LogP contribution >= 0.6 is 11.8 Å². The predicted molar refractivity (Wildman–Crippen MR) is 84.6 cm³/mol. The van der Waals surface area contributed by atoms with Gasteiger partial charge in [0.1, 0.15) is 5.82 Å². The van der Waals surface area contributed by atoms with E-state index in [1.54, 1.807) is 31.9 Å². The van der Waals surface area contributed by atoms with Crippen molar-refractivity contribution in [3.63, 3.8) is 0 Å². The van der Waals surface area contributed by atoms with Gasteiger partial charge in [-0.3, -0.25) is 0 Å². The van der Waals surface area contributed by atoms with Crippen molar-refractivity contribution < 1.29 is 12.8 Å². The molecule has 1 saturated heterocycles. The zero-order valence-electron chi connectivity index (χ0n) is 12.5. The van der Waals surface area contributed by atoms with Crippen LogP contribution in [-0.2, 0) is 16.6 Å². The van der Waals surface area contributed by atoms with Gasteiger partial charge in [0.2, 0.25) is 10.0 Å². The molecule has 0 saturated carbocycles. The Morgan fingerprint density at radius 2 is 2.19 bits per heavy atom. The fourth-order valence-electron chi connectivity index (χ4n) is 2.44. The van der Waals surface area contributed by atoms with E-state index in [9.17, 15) is 12.8 Å². The molecule has 1 N–H and O–H groups in total. The summed E-state index contributed by atoms with van der Waals surface area (Å²) in [7, 11) is -0.329. The first kappa shape index (κ1) is 16.7. The number of halogens is 1. The Kier molecular flexibility index (Phi) is 5.29. The molecule has 0 spiro atoms. The lowest BCUT2D eigenvalue weighted by atomic mass is 10.1. The van der Waals surface area contributed by atoms with Gasteiger partial charge < -0.3 is 5.32 Å². The molecule has 1 fully saturated rings. The summed E-state index contributed by atoms with van der Waals surface area (Å²) < 4.78 is 41.0. The predicted octanol–water partition coefficient (Wildman–Crippen LogP) is 1.98. The molecular formula is C14H21FN2O2S2. The summed E-state index contributed by atoms with van der Waals surface area (Å²) in [5, 5.41) is 2.92. The molecule has 0 amide bonds. The second-order valence-corrected chi connectivity index (χ2v) is 8.39. The van der Waals surface area contributed by atoms with Crippen LogP contribution in [0.5, 0.6) is 0 Å². The van der Waals surface area contributed by atoms with Crippen molar-refractivity contribution in [1.29, 1.82) is 0 Å². The van der Waals surface area contributed by atoms with E-state index in [-0.39, 0.29) is 16.5 Å². The average molecular weight is 332 g/mol. The van der Waals surface area contributed by atoms with E-state index in [2.05, 4.69) is 5.32 Å². The molecule has 0 bridgehead atoms. The lowest BCUT2D eigenvalue weighted by Gasteiger charge is -2.24. The molecular weight excluding hydrogens is 311 g/mol. The van der Waals surface area contributed by atoms with E-state index in [0.717, 1.165) is 17.9 Å². The van der Waals surface area contributed by atoms with Crippen molar-refractivity contribution in [2.45, 2.75) is 30.8 Å². The van der Waals surface area contributed by atoms with E-state index >= 15 is 0 Å². The zero-order valence-corrected chi connectivity index (χ0v) is 14.2. The maximum absolute atomic E-state index is 14.0. The molecule has 7 heteroatoms. The number of thioether (sulfide) groups is 1. The van der Waals surface area contributed by atoms with Gasteiger partial charge in [0.15, 0.2) is 0 Å². The first-order valence-corrected chi connectivity index (χ1v) is 9.46. The van der Waals surface area contributed by atoms with Crippen molar-refractivity contribution in [2.24, 2.45) is 0 Å². The molecule has 4 nitrogen and oxygen atoms in total. The van der Waals surface area contributed by atoms with Crippen LogP contribution in [0.1, 0.15) is 17.5 Å². The van der Waals surface area contributed by atoms with Gasteiger partial charge >= 0.3 is 0 Å². The van der Waals surface area contributed by atoms with Gasteiger partial charge in [0.05, 0.1) is 4.90 Å². The molecule has 1 aromatic carbocycles. The van der Waals surface area contributed by atoms with Gasteiger partial charge in [-0.25, -0.2) is 12.8 Å². The monoisotopic (exact) mass is 332 g/mol. The van der Waals surface area contributed by atoms with E-state index in [4.69, 9.17) is 0 Å². The minimum absolute atomic E-state index is 0.00424. The molecule has 1 aliphatic rings. The number of nitrogens with zero attached hydrogens (tertiary/aromatic N) is 1. The quantitative estimate of drug-likeness (QED) is 0.896. The van der Waals surface area contributed by atoms with Crippen LogP contribution in [-0.4, -0.2) is 44.4 Å². The number of hydrogen-bond donors (Lipinski definition) is 1. The molecule has 0 radical (unpaired) electrons. The summed E-state index contributed by atoms with van der Waals surface area (Å²) in [6.45, 7) is 1.95. The lowest BCUT2D eigenvalue weighted by molar-refractivity contribution is 0.394. The Labute approximate surface area is 130 Å². The third-order valence-corrected chi connectivity index (χ3v) is 7.00. The minimum Gasteiger partial charge on any atom is -0.316 e. The van der Waals surface area contributed by atoms with Crippen LogP contribution in [0, 0.1) is 12.7 Å². The standard InChI is InChI=1S/C14H21FN2O2S2/c1-10-13(15)6-11(8-16-2)7-14(10)21(18,19)17(3)12-4-5-20-9-12/h6-7,12,16H,4-5,8-9H2,1-3H3. The van der Waals surface area contributed by atoms with Crippen molar-refractivity contribution in [2.75, 3.05) is 25.6 Å². The Balaban J connectivity index is 2.43. The largest absolute Gasteiger partial charge is 0.316 e. The Morgan fingerprint density at radius 3 is 2.76 bits per heavy atom. The van der Waals surface area contributed by atoms with Crippen molar-refractivity contribution in [3.05, 3.63) is 29.1 Å². The summed E-state index contributed by atoms with van der Waals surface area (Å²) in [6.07, 6.45) is 0.845. The molecule has 0 aromatic heterocycles. The topological polar surface area (TPSA) is 49.4 Å². The Hall–Kier alpha value is -0.630. The van der Waals surface area contributed by atoms with Gasteiger partial charge in [-0.2, -0.15) is 16.1 Å². The third-order valence-electron chi connectivity index (χ3n) is 3.81. The molecule has 1 heterocycles. The van der Waals surface area contributed by atoms with Crippen LogP contribution in [0.15, 0.2) is 17.0 Å². The highest BCUT2D eigenvalue weighted by Crippen LogP contribution is 2.29. The van der Waals surface area contributed by atoms with E-state index in [1.165, 1.54) is 17.3 Å². The van der Waals surface area contributed by atoms with E-state index in [0.29, 0.717) is 12.1 Å². The normalized spacial score (nSPS) is 19.4. The number of hydrogen-bond acceptors (Lipinski definition) is 4. The Morgan fingerprint density at radius 1 is 1.48 bits per heavy atom. The number of benzene rings is 1. The maximum Gasteiger partial charge on any atom is 0.243 e. The first-order chi connectivity index (χ1) is 9.87. The molecule has 1 aliphatic heterocycles. The summed E-state index contributed by atoms with van der Waals surface area (Å²) in [4.78, 5) is 0.0761. The molecule has 1 atom stereocenters. The summed E-state index contributed by atoms with van der Waals surface area (Å²) >= 11 is 1.75. The van der Waals surface area contributed by atoms with E-state index in [1.807, 2.05) is 0 Å². The summed E-state index contributed by atoms with van der Waals surface area (Å²) in [5.41, 5.74) is 0.820. The van der Waals surface area contributed by atoms with E-state index < -0.39 is 15.8 Å². The molecule has 0 aliphatic carbocycles. The van der Waals surface area contributed by atoms with Crippen molar-refractivity contribution in [1.82, 2.24) is 9.62 Å². The van der Waals surface area contributed by atoms with Crippen LogP contribution in [0.3, 0.4) is 0 Å². The number of rotatable bonds is 5. The average Bonchev–Trinajstić information content (AvgIpc) is 2.95. The van der Waals surface area contributed by atoms with Gasteiger partial charge in [-0.15, -0.1) is 0 Å². The second-order valence-electron chi connectivity index (χ2n) is 5.27. The molecule has 118 valence electrons. The molecule has 21 heavy (non-hydrogen) atoms. The van der Waals surface area contributed by atoms with Gasteiger partial charge in [-0.05, 0) is 43.8 Å². The van der Waals surface area contributed by atoms with Gasteiger partial charge in [-0.1, -0.05) is 0 Å². The summed E-state index contributed by atoms with van der Waals surface area (Å²) in [5.74, 6) is 1.29. The SMILES string of the molecule is CNCc1cc(F)c(C)c(S(=O)(=O)N(C)C2CCSC2)c1. The van der Waals surface area contributed by atoms with Crippen LogP contribution < -0.4 is 5.32 Å². The fourth-order valence-corrected chi connectivity index (χ4v) is 5.47. The highest BCUT2D eigenvalue weighted by Gasteiger charge is 2.32. The Bertz CT molecular complexity index is 614. The highest BCUT2D eigenvalue weighted by molar-refractivity contribution is 7.99. The van der Waals surface area contributed by atoms with Crippen LogP contribution in [0.4, 0.5) is 4.39 Å². The van der Waals surface area contributed by atoms with Crippen molar-refractivity contribution in [3.8, 4) is 0 Å². The molecule has 1 unspecified atom stereocenters. The van der Waals surface area contributed by atoms with Crippen LogP contribution in [0.25, 0.3) is 0 Å². The smallest absolute Gasteiger partial charge is 0.243 e. The summed E-state index contributed by atoms with van der Waals surface area (Å²) in [6, 6.07) is 2.95. The first-order valence-electron chi connectivity index (χ1n) is 6.87. The van der Waals surface area contributed by atoms with Crippen molar-refractivity contribution >= 4 is 21.8 Å². The zero-order chi connectivity index (χ0) is 15.6. The van der Waals surface area contributed by atoms with Crippen LogP contribution in [0.2, 0.25) is 0 Å². The number of nitrogens with one attached hydrogen (secondary N) is 1. The fraction of sp³-hybridized carbons (Fsp3) is 0.571. The highest BCUT2D eigenvalue weighted by atomic mass is 32.2.